The Morgan fingerprint density at radius 1 is 1.17 bits per heavy atom. The van der Waals surface area contributed by atoms with Gasteiger partial charge in [-0.05, 0) is 37.1 Å². The van der Waals surface area contributed by atoms with Crippen molar-refractivity contribution in [2.24, 2.45) is 0 Å². The fourth-order valence-electron chi connectivity index (χ4n) is 1.84. The summed E-state index contributed by atoms with van der Waals surface area (Å²) in [4.78, 5) is 2.14. The Kier molecular flexibility index (Phi) is 5.19. The molecule has 1 nitrogen and oxygen atoms in total. The lowest BCUT2D eigenvalue weighted by Crippen LogP contribution is -2.17. The van der Waals surface area contributed by atoms with Crippen molar-refractivity contribution < 1.29 is 0 Å². The maximum absolute atomic E-state index is 4.11. The summed E-state index contributed by atoms with van der Waals surface area (Å²) in [6, 6.07) is 0. The van der Waals surface area contributed by atoms with Crippen LogP contribution in [0.3, 0.4) is 0 Å². The van der Waals surface area contributed by atoms with Gasteiger partial charge in [0.1, 0.15) is 0 Å². The molecule has 0 radical (unpaired) electrons. The van der Waals surface area contributed by atoms with Gasteiger partial charge < -0.3 is 4.90 Å². The van der Waals surface area contributed by atoms with Crippen molar-refractivity contribution in [3.05, 3.63) is 84.3 Å². The zero-order chi connectivity index (χ0) is 13.5. The van der Waals surface area contributed by atoms with E-state index in [-0.39, 0.29) is 0 Å². The van der Waals surface area contributed by atoms with Gasteiger partial charge in [-0.2, -0.15) is 0 Å². The predicted octanol–water partition coefficient (Wildman–Crippen LogP) is 4.52. The van der Waals surface area contributed by atoms with Crippen LogP contribution < -0.4 is 0 Å². The number of rotatable bonds is 3. The molecule has 0 atom stereocenters. The van der Waals surface area contributed by atoms with Crippen molar-refractivity contribution in [3.8, 4) is 0 Å². The van der Waals surface area contributed by atoms with Gasteiger partial charge in [-0.25, -0.2) is 0 Å². The molecular weight excluding hydrogens is 218 g/mol. The molecule has 1 heterocycles. The van der Waals surface area contributed by atoms with Crippen molar-refractivity contribution in [3.63, 3.8) is 0 Å². The van der Waals surface area contributed by atoms with E-state index in [0.29, 0.717) is 0 Å². The van der Waals surface area contributed by atoms with Crippen molar-refractivity contribution in [2.45, 2.75) is 13.8 Å². The highest BCUT2D eigenvalue weighted by Crippen LogP contribution is 2.26. The Morgan fingerprint density at radius 2 is 1.89 bits per heavy atom. The molecule has 94 valence electrons. The fraction of sp³-hybridized carbons (Fsp3) is 0.176. The first-order valence-electron chi connectivity index (χ1n) is 6.09. The molecule has 0 saturated heterocycles. The van der Waals surface area contributed by atoms with Gasteiger partial charge in [-0.3, -0.25) is 0 Å². The molecule has 0 aliphatic carbocycles. The Hall–Kier alpha value is -2.02. The Balaban J connectivity index is 3.37. The van der Waals surface area contributed by atoms with Crippen molar-refractivity contribution in [1.82, 2.24) is 4.90 Å². The summed E-state index contributed by atoms with van der Waals surface area (Å²) < 4.78 is 0. The predicted molar refractivity (Wildman–Crippen MR) is 81.0 cm³/mol. The van der Waals surface area contributed by atoms with E-state index in [2.05, 4.69) is 36.3 Å². The van der Waals surface area contributed by atoms with Gasteiger partial charge in [0.25, 0.3) is 0 Å². The number of hydrogen-bond acceptors (Lipinski definition) is 1. The van der Waals surface area contributed by atoms with Gasteiger partial charge >= 0.3 is 0 Å². The van der Waals surface area contributed by atoms with Gasteiger partial charge in [0.05, 0.1) is 0 Å². The molecule has 0 aromatic rings. The van der Waals surface area contributed by atoms with Crippen LogP contribution >= 0.6 is 0 Å². The molecule has 1 heteroatoms. The average Bonchev–Trinajstić information content (AvgIpc) is 2.47. The minimum atomic E-state index is 0.995. The van der Waals surface area contributed by atoms with Crippen molar-refractivity contribution >= 4 is 0 Å². The van der Waals surface area contributed by atoms with E-state index in [9.17, 15) is 0 Å². The number of likely N-dealkylation sites (N-methyl/N-ethyl adjacent to an activating group) is 1. The second-order valence-corrected chi connectivity index (χ2v) is 4.04. The summed E-state index contributed by atoms with van der Waals surface area (Å²) in [5.41, 5.74) is 4.31. The highest BCUT2D eigenvalue weighted by molar-refractivity contribution is 5.51. The van der Waals surface area contributed by atoms with E-state index in [0.717, 1.165) is 22.5 Å². The van der Waals surface area contributed by atoms with Gasteiger partial charge in [-0.1, -0.05) is 49.6 Å². The SMILES string of the molecule is C=CC1=C(/C=C\C)N(C)/C(=C/C=C\C)C(=C)C=C1. The van der Waals surface area contributed by atoms with E-state index in [1.807, 2.05) is 51.3 Å². The van der Waals surface area contributed by atoms with Crippen LogP contribution in [-0.4, -0.2) is 11.9 Å². The largest absolute Gasteiger partial charge is 0.344 e. The second-order valence-electron chi connectivity index (χ2n) is 4.04. The van der Waals surface area contributed by atoms with E-state index in [1.165, 1.54) is 0 Å². The minimum Gasteiger partial charge on any atom is -0.344 e. The molecule has 0 unspecified atom stereocenters. The van der Waals surface area contributed by atoms with Crippen LogP contribution in [0.5, 0.6) is 0 Å². The zero-order valence-electron chi connectivity index (χ0n) is 11.5. The summed E-state index contributed by atoms with van der Waals surface area (Å²) in [7, 11) is 2.05. The van der Waals surface area contributed by atoms with E-state index >= 15 is 0 Å². The molecule has 1 aliphatic heterocycles. The minimum absolute atomic E-state index is 0.995. The van der Waals surface area contributed by atoms with Gasteiger partial charge in [0.2, 0.25) is 0 Å². The quantitative estimate of drug-likeness (QED) is 0.700. The second kappa shape index (κ2) is 6.65. The summed E-state index contributed by atoms with van der Waals surface area (Å²) in [5, 5.41) is 0. The molecule has 0 saturated carbocycles. The van der Waals surface area contributed by atoms with E-state index in [1.54, 1.807) is 0 Å². The first-order chi connectivity index (χ1) is 8.65. The van der Waals surface area contributed by atoms with Crippen molar-refractivity contribution in [2.75, 3.05) is 7.05 Å². The lowest BCUT2D eigenvalue weighted by molar-refractivity contribution is 0.548. The molecule has 0 aromatic carbocycles. The fourth-order valence-corrected chi connectivity index (χ4v) is 1.84. The summed E-state index contributed by atoms with van der Waals surface area (Å²) in [6.07, 6.45) is 16.2. The van der Waals surface area contributed by atoms with Crippen LogP contribution in [-0.2, 0) is 0 Å². The number of hydrogen-bond donors (Lipinski definition) is 0. The lowest BCUT2D eigenvalue weighted by atomic mass is 10.1. The Bertz CT molecular complexity index is 482. The third-order valence-electron chi connectivity index (χ3n) is 2.80. The summed E-state index contributed by atoms with van der Waals surface area (Å²) >= 11 is 0. The molecule has 1 rings (SSSR count). The topological polar surface area (TPSA) is 3.24 Å². The number of nitrogens with zero attached hydrogens (tertiary/aromatic N) is 1. The van der Waals surface area contributed by atoms with Crippen LogP contribution in [0.15, 0.2) is 84.3 Å². The molecule has 0 aromatic heterocycles. The first kappa shape index (κ1) is 14.0. The van der Waals surface area contributed by atoms with Crippen LogP contribution in [0, 0.1) is 0 Å². The van der Waals surface area contributed by atoms with Crippen molar-refractivity contribution in [1.29, 1.82) is 0 Å². The lowest BCUT2D eigenvalue weighted by Gasteiger charge is -2.23. The normalized spacial score (nSPS) is 19.4. The van der Waals surface area contributed by atoms with Crippen LogP contribution in [0.25, 0.3) is 0 Å². The molecule has 0 bridgehead atoms. The van der Waals surface area contributed by atoms with Gasteiger partial charge in [-0.15, -0.1) is 0 Å². The zero-order valence-corrected chi connectivity index (χ0v) is 11.5. The highest BCUT2D eigenvalue weighted by Gasteiger charge is 2.14. The van der Waals surface area contributed by atoms with Gasteiger partial charge in [0.15, 0.2) is 0 Å². The molecule has 0 fully saturated rings. The standard InChI is InChI=1S/C17H21N/c1-6-9-11-16-14(4)12-13-15(8-3)17(10-7-2)18(16)5/h6-13H,3-4H2,1-2,5H3/b9-6-,10-7-,16-11+. The third-order valence-corrected chi connectivity index (χ3v) is 2.80. The van der Waals surface area contributed by atoms with Gasteiger partial charge in [0, 0.05) is 18.4 Å². The third kappa shape index (κ3) is 3.01. The van der Waals surface area contributed by atoms with Crippen LogP contribution in [0.4, 0.5) is 0 Å². The smallest absolute Gasteiger partial charge is 0.0478 e. The van der Waals surface area contributed by atoms with E-state index in [4.69, 9.17) is 0 Å². The molecule has 1 aliphatic rings. The Labute approximate surface area is 111 Å². The van der Waals surface area contributed by atoms with Crippen LogP contribution in [0.2, 0.25) is 0 Å². The van der Waals surface area contributed by atoms with E-state index < -0.39 is 0 Å². The molecule has 0 N–H and O–H groups in total. The molecule has 0 amide bonds. The summed E-state index contributed by atoms with van der Waals surface area (Å²) in [6.45, 7) is 12.0. The summed E-state index contributed by atoms with van der Waals surface area (Å²) in [5.74, 6) is 0. The average molecular weight is 239 g/mol. The molecule has 18 heavy (non-hydrogen) atoms. The van der Waals surface area contributed by atoms with Crippen LogP contribution in [0.1, 0.15) is 13.8 Å². The molecular formula is C17H21N. The number of allylic oxidation sites excluding steroid dienone is 9. The highest BCUT2D eigenvalue weighted by atomic mass is 15.1. The monoisotopic (exact) mass is 239 g/mol. The molecule has 0 spiro atoms. The Morgan fingerprint density at radius 3 is 2.44 bits per heavy atom. The first-order valence-corrected chi connectivity index (χ1v) is 6.09. The maximum atomic E-state index is 4.11. The maximum Gasteiger partial charge on any atom is 0.0478 e.